The third kappa shape index (κ3) is 2.49. The van der Waals surface area contributed by atoms with Crippen molar-refractivity contribution in [3.05, 3.63) is 35.3 Å². The summed E-state index contributed by atoms with van der Waals surface area (Å²) in [6.45, 7) is 3.76. The Bertz CT molecular complexity index is 633. The molecule has 0 bridgehead atoms. The van der Waals surface area contributed by atoms with Gasteiger partial charge >= 0.3 is 0 Å². The van der Waals surface area contributed by atoms with E-state index in [1.807, 2.05) is 20.9 Å². The van der Waals surface area contributed by atoms with Crippen molar-refractivity contribution >= 4 is 5.84 Å². The Morgan fingerprint density at radius 3 is 2.79 bits per heavy atom. The van der Waals surface area contributed by atoms with Gasteiger partial charge in [0.05, 0.1) is 5.69 Å². The maximum Gasteiger partial charge on any atom is 0.220 e. The van der Waals surface area contributed by atoms with Gasteiger partial charge in [-0.2, -0.15) is 5.10 Å². The van der Waals surface area contributed by atoms with Crippen LogP contribution in [0.15, 0.2) is 23.5 Å². The number of aryl methyl sites for hydroxylation is 2. The zero-order valence-corrected chi connectivity index (χ0v) is 11.0. The zero-order valence-electron chi connectivity index (χ0n) is 11.0. The Hall–Kier alpha value is -2.57. The van der Waals surface area contributed by atoms with Crippen LogP contribution in [-0.2, 0) is 7.05 Å². The fourth-order valence-electron chi connectivity index (χ4n) is 1.69. The van der Waals surface area contributed by atoms with Gasteiger partial charge in [-0.25, -0.2) is 4.98 Å². The van der Waals surface area contributed by atoms with Gasteiger partial charge in [-0.1, -0.05) is 5.16 Å². The summed E-state index contributed by atoms with van der Waals surface area (Å²) in [6.07, 6.45) is 1.53. The van der Waals surface area contributed by atoms with E-state index >= 15 is 0 Å². The maximum atomic E-state index is 8.65. The van der Waals surface area contributed by atoms with E-state index in [0.29, 0.717) is 17.2 Å². The van der Waals surface area contributed by atoms with Crippen LogP contribution in [0.25, 0.3) is 0 Å². The highest BCUT2D eigenvalue weighted by molar-refractivity contribution is 5.97. The van der Waals surface area contributed by atoms with Crippen molar-refractivity contribution in [1.82, 2.24) is 14.8 Å². The molecule has 0 radical (unpaired) electrons. The largest absolute Gasteiger partial charge is 0.435 e. The van der Waals surface area contributed by atoms with Gasteiger partial charge in [0, 0.05) is 24.9 Å². The smallest absolute Gasteiger partial charge is 0.220 e. The second kappa shape index (κ2) is 4.97. The summed E-state index contributed by atoms with van der Waals surface area (Å²) in [5.41, 5.74) is 7.73. The molecule has 7 heteroatoms. The van der Waals surface area contributed by atoms with Crippen molar-refractivity contribution in [2.24, 2.45) is 17.9 Å². The van der Waals surface area contributed by atoms with Crippen molar-refractivity contribution in [3.63, 3.8) is 0 Å². The molecular weight excluding hydrogens is 246 g/mol. The molecule has 19 heavy (non-hydrogen) atoms. The fourth-order valence-corrected chi connectivity index (χ4v) is 1.69. The van der Waals surface area contributed by atoms with E-state index in [1.165, 1.54) is 6.20 Å². The number of ether oxygens (including phenoxy) is 1. The number of hydrogen-bond donors (Lipinski definition) is 2. The average molecular weight is 261 g/mol. The second-order valence-corrected chi connectivity index (χ2v) is 4.09. The molecule has 7 nitrogen and oxygen atoms in total. The van der Waals surface area contributed by atoms with Crippen LogP contribution < -0.4 is 10.5 Å². The van der Waals surface area contributed by atoms with Crippen LogP contribution in [0.4, 0.5) is 0 Å². The third-order valence-corrected chi connectivity index (χ3v) is 2.79. The molecule has 0 atom stereocenters. The monoisotopic (exact) mass is 261 g/mol. The normalized spacial score (nSPS) is 11.6. The predicted octanol–water partition coefficient (Wildman–Crippen LogP) is 1.32. The average Bonchev–Trinajstić information content (AvgIpc) is 2.65. The Morgan fingerprint density at radius 1 is 1.47 bits per heavy atom. The molecule has 2 rings (SSSR count). The lowest BCUT2D eigenvalue weighted by molar-refractivity contribution is 0.318. The van der Waals surface area contributed by atoms with Crippen molar-refractivity contribution < 1.29 is 9.94 Å². The van der Waals surface area contributed by atoms with Crippen molar-refractivity contribution in [3.8, 4) is 11.6 Å². The van der Waals surface area contributed by atoms with E-state index in [2.05, 4.69) is 15.2 Å². The minimum absolute atomic E-state index is 0.00637. The second-order valence-electron chi connectivity index (χ2n) is 4.09. The highest BCUT2D eigenvalue weighted by Crippen LogP contribution is 2.26. The summed E-state index contributed by atoms with van der Waals surface area (Å²) in [7, 11) is 1.84. The predicted molar refractivity (Wildman–Crippen MR) is 69.5 cm³/mol. The number of nitrogens with zero attached hydrogens (tertiary/aromatic N) is 4. The number of amidine groups is 1. The number of hydrogen-bond acceptors (Lipinski definition) is 5. The van der Waals surface area contributed by atoms with Crippen LogP contribution in [0.1, 0.15) is 17.0 Å². The molecule has 0 unspecified atom stereocenters. The van der Waals surface area contributed by atoms with Crippen LogP contribution in [-0.4, -0.2) is 25.8 Å². The molecule has 0 saturated carbocycles. The number of oxime groups is 1. The Balaban J connectivity index is 2.34. The molecule has 100 valence electrons. The maximum absolute atomic E-state index is 8.65. The quantitative estimate of drug-likeness (QED) is 0.376. The van der Waals surface area contributed by atoms with Crippen LogP contribution in [0, 0.1) is 13.8 Å². The molecule has 0 aliphatic rings. The summed E-state index contributed by atoms with van der Waals surface area (Å²) < 4.78 is 7.44. The van der Waals surface area contributed by atoms with Crippen LogP contribution in [0.5, 0.6) is 11.6 Å². The van der Waals surface area contributed by atoms with Crippen molar-refractivity contribution in [1.29, 1.82) is 0 Å². The lowest BCUT2D eigenvalue weighted by Crippen LogP contribution is -2.13. The molecule has 3 N–H and O–H groups in total. The van der Waals surface area contributed by atoms with E-state index in [4.69, 9.17) is 15.7 Å². The zero-order chi connectivity index (χ0) is 14.0. The first-order chi connectivity index (χ1) is 9.02. The van der Waals surface area contributed by atoms with Crippen molar-refractivity contribution in [2.75, 3.05) is 0 Å². The first-order valence-corrected chi connectivity index (χ1v) is 5.65. The number of nitrogens with two attached hydrogens (primary N) is 1. The number of rotatable bonds is 3. The molecule has 2 heterocycles. The van der Waals surface area contributed by atoms with E-state index in [9.17, 15) is 0 Å². The van der Waals surface area contributed by atoms with Crippen LogP contribution in [0.2, 0.25) is 0 Å². The first-order valence-electron chi connectivity index (χ1n) is 5.65. The molecule has 0 amide bonds. The lowest BCUT2D eigenvalue weighted by Gasteiger charge is -2.06. The number of aromatic nitrogens is 3. The fraction of sp³-hybridized carbons (Fsp3) is 0.250. The summed E-state index contributed by atoms with van der Waals surface area (Å²) in [5, 5.41) is 15.8. The summed E-state index contributed by atoms with van der Waals surface area (Å²) in [5.74, 6) is 1.03. The van der Waals surface area contributed by atoms with E-state index in [-0.39, 0.29) is 5.84 Å². The lowest BCUT2D eigenvalue weighted by atomic mass is 10.2. The molecular formula is C12H15N5O2. The summed E-state index contributed by atoms with van der Waals surface area (Å²) in [4.78, 5) is 4.09. The SMILES string of the molecule is Cc1nn(C)c(C)c1Oc1cc(C(N)=NO)ccn1. The molecule has 0 fully saturated rings. The van der Waals surface area contributed by atoms with Gasteiger partial charge in [-0.05, 0) is 19.9 Å². The highest BCUT2D eigenvalue weighted by Gasteiger charge is 2.13. The first kappa shape index (κ1) is 12.9. The molecule has 2 aromatic heterocycles. The van der Waals surface area contributed by atoms with Gasteiger partial charge in [-0.15, -0.1) is 0 Å². The van der Waals surface area contributed by atoms with Gasteiger partial charge in [0.25, 0.3) is 0 Å². The van der Waals surface area contributed by atoms with Gasteiger partial charge in [-0.3, -0.25) is 4.68 Å². The molecule has 0 aliphatic heterocycles. The van der Waals surface area contributed by atoms with Crippen LogP contribution in [0.3, 0.4) is 0 Å². The van der Waals surface area contributed by atoms with Gasteiger partial charge < -0.3 is 15.7 Å². The molecule has 0 aromatic carbocycles. The van der Waals surface area contributed by atoms with Gasteiger partial charge in [0.15, 0.2) is 11.6 Å². The Morgan fingerprint density at radius 2 is 2.21 bits per heavy atom. The molecule has 0 saturated heterocycles. The van der Waals surface area contributed by atoms with Gasteiger partial charge in [0.2, 0.25) is 5.88 Å². The van der Waals surface area contributed by atoms with E-state index < -0.39 is 0 Å². The molecule has 2 aromatic rings. The highest BCUT2D eigenvalue weighted by atomic mass is 16.5. The standard InChI is InChI=1S/C12H15N5O2/c1-7-11(8(2)17(3)15-7)19-10-6-9(4-5-14-10)12(13)16-18/h4-6,18H,1-3H3,(H2,13,16). The summed E-state index contributed by atoms with van der Waals surface area (Å²) >= 11 is 0. The van der Waals surface area contributed by atoms with E-state index in [1.54, 1.807) is 16.8 Å². The van der Waals surface area contributed by atoms with Crippen LogP contribution >= 0.6 is 0 Å². The molecule has 0 aliphatic carbocycles. The topological polar surface area (TPSA) is 98.6 Å². The third-order valence-electron chi connectivity index (χ3n) is 2.79. The minimum Gasteiger partial charge on any atom is -0.435 e. The van der Waals surface area contributed by atoms with Crippen molar-refractivity contribution in [2.45, 2.75) is 13.8 Å². The molecule has 0 spiro atoms. The van der Waals surface area contributed by atoms with Gasteiger partial charge in [0.1, 0.15) is 5.69 Å². The Kier molecular flexibility index (Phi) is 3.37. The number of pyridine rings is 1. The Labute approximate surface area is 110 Å². The summed E-state index contributed by atoms with van der Waals surface area (Å²) in [6, 6.07) is 3.23. The van der Waals surface area contributed by atoms with E-state index in [0.717, 1.165) is 11.4 Å². The minimum atomic E-state index is 0.00637.